The van der Waals surface area contributed by atoms with Crippen molar-refractivity contribution >= 4 is 47.8 Å². The summed E-state index contributed by atoms with van der Waals surface area (Å²) >= 11 is 5.33. The molecule has 0 bridgehead atoms. The van der Waals surface area contributed by atoms with Gasteiger partial charge in [0.05, 0.1) is 17.0 Å². The molecule has 134 valence electrons. The molecule has 1 aliphatic carbocycles. The fourth-order valence-electron chi connectivity index (χ4n) is 3.69. The second-order valence-electron chi connectivity index (χ2n) is 6.45. The lowest BCUT2D eigenvalue weighted by Crippen LogP contribution is -2.69. The zero-order valence-corrected chi connectivity index (χ0v) is 15.5. The van der Waals surface area contributed by atoms with Gasteiger partial charge in [-0.05, 0) is 12.2 Å². The van der Waals surface area contributed by atoms with Crippen molar-refractivity contribution in [3.05, 3.63) is 45.9 Å². The number of thioether (sulfide) groups is 1. The van der Waals surface area contributed by atoms with Crippen LogP contribution in [0.1, 0.15) is 27.1 Å². The van der Waals surface area contributed by atoms with Crippen LogP contribution in [0.4, 0.5) is 0 Å². The second kappa shape index (κ2) is 6.28. The van der Waals surface area contributed by atoms with Crippen molar-refractivity contribution in [2.75, 3.05) is 24.6 Å². The van der Waals surface area contributed by atoms with Crippen LogP contribution in [0.3, 0.4) is 0 Å². The van der Waals surface area contributed by atoms with E-state index in [1.54, 1.807) is 24.3 Å². The Bertz CT molecular complexity index is 895. The van der Waals surface area contributed by atoms with E-state index in [-0.39, 0.29) is 51.7 Å². The molecule has 0 saturated carbocycles. The van der Waals surface area contributed by atoms with Gasteiger partial charge in [-0.1, -0.05) is 24.3 Å². The summed E-state index contributed by atoms with van der Waals surface area (Å²) in [6.45, 7) is 0.351. The van der Waals surface area contributed by atoms with Gasteiger partial charge < -0.3 is 10.2 Å². The number of amides is 2. The third-order valence-electron chi connectivity index (χ3n) is 4.86. The zero-order chi connectivity index (χ0) is 18.5. The van der Waals surface area contributed by atoms with Gasteiger partial charge >= 0.3 is 0 Å². The number of fused-ring (bicyclic) bond motifs is 2. The van der Waals surface area contributed by atoms with E-state index >= 15 is 0 Å². The van der Waals surface area contributed by atoms with Gasteiger partial charge in [0.1, 0.15) is 0 Å². The SMILES string of the molecule is O=C1CN(CCCS)C(=O)C2(CSC3=C2C(=O)c2ccccc2C3=O)N1. The molecule has 1 atom stereocenters. The first-order valence-corrected chi connectivity index (χ1v) is 9.88. The molecular formula is C18H16N2O4S2. The first kappa shape index (κ1) is 17.4. The van der Waals surface area contributed by atoms with E-state index < -0.39 is 5.54 Å². The molecule has 1 unspecified atom stereocenters. The van der Waals surface area contributed by atoms with Gasteiger partial charge in [-0.15, -0.1) is 11.8 Å². The molecule has 1 fully saturated rings. The molecule has 0 radical (unpaired) electrons. The fourth-order valence-corrected chi connectivity index (χ4v) is 5.18. The molecule has 3 aliphatic rings. The fraction of sp³-hybridized carbons (Fsp3) is 0.333. The summed E-state index contributed by atoms with van der Waals surface area (Å²) in [4.78, 5) is 53.2. The van der Waals surface area contributed by atoms with Crippen LogP contribution in [0, 0.1) is 0 Å². The quantitative estimate of drug-likeness (QED) is 0.758. The highest BCUT2D eigenvalue weighted by molar-refractivity contribution is 8.04. The summed E-state index contributed by atoms with van der Waals surface area (Å²) in [6.07, 6.45) is 0.646. The Kier molecular flexibility index (Phi) is 4.19. The van der Waals surface area contributed by atoms with Crippen LogP contribution in [0.15, 0.2) is 34.7 Å². The summed E-state index contributed by atoms with van der Waals surface area (Å²) in [5, 5.41) is 2.73. The number of nitrogens with zero attached hydrogens (tertiary/aromatic N) is 1. The molecular weight excluding hydrogens is 372 g/mol. The highest BCUT2D eigenvalue weighted by Gasteiger charge is 2.58. The molecule has 1 aromatic carbocycles. The topological polar surface area (TPSA) is 83.6 Å². The lowest BCUT2D eigenvalue weighted by molar-refractivity contribution is -0.147. The normalized spacial score (nSPS) is 24.9. The van der Waals surface area contributed by atoms with Crippen LogP contribution in [0.2, 0.25) is 0 Å². The van der Waals surface area contributed by atoms with E-state index in [1.165, 1.54) is 16.7 Å². The molecule has 6 nitrogen and oxygen atoms in total. The third-order valence-corrected chi connectivity index (χ3v) is 6.43. The predicted molar refractivity (Wildman–Crippen MR) is 101 cm³/mol. The molecule has 8 heteroatoms. The van der Waals surface area contributed by atoms with E-state index in [0.717, 1.165) is 0 Å². The molecule has 1 saturated heterocycles. The minimum Gasteiger partial charge on any atom is -0.336 e. The highest BCUT2D eigenvalue weighted by Crippen LogP contribution is 2.46. The average Bonchev–Trinajstić information content (AvgIpc) is 3.02. The van der Waals surface area contributed by atoms with E-state index in [1.807, 2.05) is 0 Å². The number of hydrogen-bond donors (Lipinski definition) is 2. The summed E-state index contributed by atoms with van der Waals surface area (Å²) in [6, 6.07) is 6.59. The van der Waals surface area contributed by atoms with Gasteiger partial charge in [0.25, 0.3) is 5.91 Å². The maximum absolute atomic E-state index is 13.2. The number of ketones is 2. The van der Waals surface area contributed by atoms with Crippen LogP contribution >= 0.6 is 24.4 Å². The van der Waals surface area contributed by atoms with Crippen LogP contribution < -0.4 is 5.32 Å². The number of benzene rings is 1. The van der Waals surface area contributed by atoms with Crippen LogP contribution in [0.25, 0.3) is 0 Å². The molecule has 2 amide bonds. The van der Waals surface area contributed by atoms with Crippen molar-refractivity contribution in [1.29, 1.82) is 0 Å². The maximum Gasteiger partial charge on any atom is 0.254 e. The maximum atomic E-state index is 13.2. The summed E-state index contributed by atoms with van der Waals surface area (Å²) < 4.78 is 0. The molecule has 1 aromatic rings. The first-order chi connectivity index (χ1) is 12.5. The van der Waals surface area contributed by atoms with Gasteiger partial charge in [-0.2, -0.15) is 12.6 Å². The van der Waals surface area contributed by atoms with Gasteiger partial charge in [0.2, 0.25) is 11.7 Å². The lowest BCUT2D eigenvalue weighted by Gasteiger charge is -2.41. The molecule has 26 heavy (non-hydrogen) atoms. The van der Waals surface area contributed by atoms with E-state index in [9.17, 15) is 19.2 Å². The number of hydrogen-bond acceptors (Lipinski definition) is 6. The largest absolute Gasteiger partial charge is 0.336 e. The Morgan fingerprint density at radius 3 is 2.50 bits per heavy atom. The Balaban J connectivity index is 1.81. The molecule has 1 spiro atoms. The smallest absolute Gasteiger partial charge is 0.254 e. The van der Waals surface area contributed by atoms with E-state index in [4.69, 9.17) is 0 Å². The summed E-state index contributed by atoms with van der Waals surface area (Å²) in [5.74, 6) is -0.512. The number of nitrogens with one attached hydrogen (secondary N) is 1. The Labute approximate surface area is 159 Å². The summed E-state index contributed by atoms with van der Waals surface area (Å²) in [7, 11) is 0. The van der Waals surface area contributed by atoms with Crippen LogP contribution in [-0.4, -0.2) is 58.4 Å². The van der Waals surface area contributed by atoms with Gasteiger partial charge in [0, 0.05) is 23.4 Å². The van der Waals surface area contributed by atoms with Crippen molar-refractivity contribution in [3.63, 3.8) is 0 Å². The Hall–Kier alpha value is -2.06. The minimum atomic E-state index is -1.45. The minimum absolute atomic E-state index is 0.0413. The first-order valence-electron chi connectivity index (χ1n) is 8.27. The van der Waals surface area contributed by atoms with E-state index in [2.05, 4.69) is 17.9 Å². The second-order valence-corrected chi connectivity index (χ2v) is 7.89. The number of allylic oxidation sites excluding steroid dienone is 1. The number of Topliss-reactive ketones (excluding diaryl/α,β-unsaturated/α-hetero) is 2. The molecule has 1 N–H and O–H groups in total. The van der Waals surface area contributed by atoms with E-state index in [0.29, 0.717) is 24.3 Å². The van der Waals surface area contributed by atoms with Crippen molar-refractivity contribution in [2.24, 2.45) is 0 Å². The number of carbonyl (C=O) groups is 4. The Morgan fingerprint density at radius 1 is 1.12 bits per heavy atom. The molecule has 2 heterocycles. The number of thiol groups is 1. The molecule has 4 rings (SSSR count). The van der Waals surface area contributed by atoms with Crippen LogP contribution in [0.5, 0.6) is 0 Å². The van der Waals surface area contributed by atoms with Gasteiger partial charge in [0.15, 0.2) is 11.3 Å². The van der Waals surface area contributed by atoms with Crippen molar-refractivity contribution in [3.8, 4) is 0 Å². The third kappa shape index (κ3) is 2.35. The van der Waals surface area contributed by atoms with Crippen molar-refractivity contribution in [1.82, 2.24) is 10.2 Å². The van der Waals surface area contributed by atoms with Gasteiger partial charge in [-0.25, -0.2) is 0 Å². The highest BCUT2D eigenvalue weighted by atomic mass is 32.2. The van der Waals surface area contributed by atoms with Crippen molar-refractivity contribution in [2.45, 2.75) is 12.0 Å². The molecule has 0 aromatic heterocycles. The number of rotatable bonds is 3. The average molecular weight is 388 g/mol. The monoisotopic (exact) mass is 388 g/mol. The van der Waals surface area contributed by atoms with Crippen molar-refractivity contribution < 1.29 is 19.2 Å². The number of carbonyl (C=O) groups excluding carboxylic acids is 4. The Morgan fingerprint density at radius 2 is 1.81 bits per heavy atom. The number of piperazine rings is 1. The molecule has 2 aliphatic heterocycles. The standard InChI is InChI=1S/C18H16N2O4S2/c21-12-8-20(6-3-7-25)17(24)18(19-12)9-26-16-13(18)14(22)10-4-1-2-5-11(10)15(16)23/h1-2,4-5,25H,3,6-9H2,(H,19,21). The predicted octanol–water partition coefficient (Wildman–Crippen LogP) is 1.08. The summed E-state index contributed by atoms with van der Waals surface area (Å²) in [5.41, 5.74) is -0.693. The zero-order valence-electron chi connectivity index (χ0n) is 13.8. The van der Waals surface area contributed by atoms with Gasteiger partial charge in [-0.3, -0.25) is 19.2 Å². The van der Waals surface area contributed by atoms with Crippen LogP contribution in [-0.2, 0) is 9.59 Å². The lowest BCUT2D eigenvalue weighted by atomic mass is 9.78.